The van der Waals surface area contributed by atoms with Gasteiger partial charge < -0.3 is 24.7 Å². The zero-order valence-electron chi connectivity index (χ0n) is 13.3. The predicted octanol–water partition coefficient (Wildman–Crippen LogP) is 1.14. The SMILES string of the molecule is CCOc1cc(C(=O)[O-])ccc1OCC(=O)NCc1ccccc1. The lowest BCUT2D eigenvalue weighted by molar-refractivity contribution is -0.255. The summed E-state index contributed by atoms with van der Waals surface area (Å²) in [4.78, 5) is 22.7. The molecule has 6 nitrogen and oxygen atoms in total. The van der Waals surface area contributed by atoms with E-state index in [-0.39, 0.29) is 23.8 Å². The van der Waals surface area contributed by atoms with E-state index >= 15 is 0 Å². The molecular weight excluding hydrogens is 310 g/mol. The van der Waals surface area contributed by atoms with Crippen molar-refractivity contribution in [3.8, 4) is 11.5 Å². The number of hydrogen-bond donors (Lipinski definition) is 1. The first kappa shape index (κ1) is 17.3. The van der Waals surface area contributed by atoms with Gasteiger partial charge in [0.05, 0.1) is 12.6 Å². The molecule has 0 aliphatic rings. The summed E-state index contributed by atoms with van der Waals surface area (Å²) in [7, 11) is 0. The molecule has 0 aliphatic carbocycles. The third-order valence-corrected chi connectivity index (χ3v) is 3.17. The normalized spacial score (nSPS) is 10.0. The molecular formula is C18H18NO5-. The van der Waals surface area contributed by atoms with Crippen LogP contribution in [0.4, 0.5) is 0 Å². The summed E-state index contributed by atoms with van der Waals surface area (Å²) in [6.07, 6.45) is 0. The number of carbonyl (C=O) groups excluding carboxylic acids is 2. The largest absolute Gasteiger partial charge is 0.545 e. The molecule has 6 heteroatoms. The number of carbonyl (C=O) groups is 2. The fourth-order valence-corrected chi connectivity index (χ4v) is 2.01. The summed E-state index contributed by atoms with van der Waals surface area (Å²) in [5, 5.41) is 13.6. The van der Waals surface area contributed by atoms with Crippen molar-refractivity contribution in [1.29, 1.82) is 0 Å². The maximum Gasteiger partial charge on any atom is 0.258 e. The molecule has 126 valence electrons. The van der Waals surface area contributed by atoms with Crippen LogP contribution in [0, 0.1) is 0 Å². The average Bonchev–Trinajstić information content (AvgIpc) is 2.60. The van der Waals surface area contributed by atoms with Gasteiger partial charge in [0.15, 0.2) is 18.1 Å². The minimum atomic E-state index is -1.30. The van der Waals surface area contributed by atoms with Crippen LogP contribution in [0.5, 0.6) is 11.5 Å². The van der Waals surface area contributed by atoms with Crippen LogP contribution in [0.25, 0.3) is 0 Å². The van der Waals surface area contributed by atoms with E-state index in [9.17, 15) is 14.7 Å². The topological polar surface area (TPSA) is 87.7 Å². The Balaban J connectivity index is 1.92. The molecule has 2 rings (SSSR count). The molecule has 0 saturated heterocycles. The minimum Gasteiger partial charge on any atom is -0.545 e. The van der Waals surface area contributed by atoms with Crippen LogP contribution in [-0.4, -0.2) is 25.1 Å². The summed E-state index contributed by atoms with van der Waals surface area (Å²) in [5.41, 5.74) is 0.971. The molecule has 2 aromatic carbocycles. The lowest BCUT2D eigenvalue weighted by Crippen LogP contribution is -2.28. The van der Waals surface area contributed by atoms with Crippen molar-refractivity contribution < 1.29 is 24.2 Å². The molecule has 0 radical (unpaired) electrons. The molecule has 24 heavy (non-hydrogen) atoms. The van der Waals surface area contributed by atoms with Crippen molar-refractivity contribution in [2.75, 3.05) is 13.2 Å². The van der Waals surface area contributed by atoms with Crippen molar-refractivity contribution in [1.82, 2.24) is 5.32 Å². The van der Waals surface area contributed by atoms with Gasteiger partial charge in [-0.15, -0.1) is 0 Å². The van der Waals surface area contributed by atoms with Gasteiger partial charge in [0, 0.05) is 12.1 Å². The molecule has 1 amide bonds. The van der Waals surface area contributed by atoms with Crippen LogP contribution in [0.3, 0.4) is 0 Å². The van der Waals surface area contributed by atoms with E-state index in [4.69, 9.17) is 9.47 Å². The van der Waals surface area contributed by atoms with E-state index in [0.29, 0.717) is 18.9 Å². The van der Waals surface area contributed by atoms with E-state index in [1.807, 2.05) is 30.3 Å². The Morgan fingerprint density at radius 3 is 2.46 bits per heavy atom. The zero-order valence-corrected chi connectivity index (χ0v) is 13.3. The zero-order chi connectivity index (χ0) is 17.4. The highest BCUT2D eigenvalue weighted by atomic mass is 16.5. The number of carboxylic acids is 1. The molecule has 2 aromatic rings. The Hall–Kier alpha value is -3.02. The number of amides is 1. The lowest BCUT2D eigenvalue weighted by Gasteiger charge is -2.13. The number of aromatic carboxylic acids is 1. The van der Waals surface area contributed by atoms with Crippen LogP contribution in [-0.2, 0) is 11.3 Å². The van der Waals surface area contributed by atoms with Crippen LogP contribution in [0.2, 0.25) is 0 Å². The second kappa shape index (κ2) is 8.57. The van der Waals surface area contributed by atoms with E-state index in [1.54, 1.807) is 6.92 Å². The molecule has 0 heterocycles. The first-order valence-electron chi connectivity index (χ1n) is 7.51. The first-order valence-corrected chi connectivity index (χ1v) is 7.51. The fraction of sp³-hybridized carbons (Fsp3) is 0.222. The van der Waals surface area contributed by atoms with Crippen molar-refractivity contribution in [2.24, 2.45) is 0 Å². The Morgan fingerprint density at radius 2 is 1.79 bits per heavy atom. The molecule has 0 unspecified atom stereocenters. The Morgan fingerprint density at radius 1 is 1.04 bits per heavy atom. The Kier molecular flexibility index (Phi) is 6.19. The van der Waals surface area contributed by atoms with Crippen LogP contribution in [0.1, 0.15) is 22.8 Å². The molecule has 0 fully saturated rings. The van der Waals surface area contributed by atoms with Gasteiger partial charge in [-0.05, 0) is 30.7 Å². The Bertz CT molecular complexity index is 700. The summed E-state index contributed by atoms with van der Waals surface area (Å²) in [5.74, 6) is -1.03. The van der Waals surface area contributed by atoms with Crippen LogP contribution < -0.4 is 19.9 Å². The van der Waals surface area contributed by atoms with Crippen LogP contribution >= 0.6 is 0 Å². The van der Waals surface area contributed by atoms with Gasteiger partial charge in [0.1, 0.15) is 0 Å². The number of ether oxygens (including phenoxy) is 2. The van der Waals surface area contributed by atoms with Gasteiger partial charge in [-0.3, -0.25) is 4.79 Å². The smallest absolute Gasteiger partial charge is 0.258 e. The molecule has 0 bridgehead atoms. The molecule has 0 atom stereocenters. The van der Waals surface area contributed by atoms with E-state index < -0.39 is 5.97 Å². The van der Waals surface area contributed by atoms with Crippen molar-refractivity contribution >= 4 is 11.9 Å². The number of nitrogens with one attached hydrogen (secondary N) is 1. The first-order chi connectivity index (χ1) is 11.6. The monoisotopic (exact) mass is 328 g/mol. The summed E-state index contributed by atoms with van der Waals surface area (Å²) < 4.78 is 10.8. The predicted molar refractivity (Wildman–Crippen MR) is 85.7 cm³/mol. The highest BCUT2D eigenvalue weighted by Gasteiger charge is 2.09. The average molecular weight is 328 g/mol. The van der Waals surface area contributed by atoms with Gasteiger partial charge >= 0.3 is 0 Å². The van der Waals surface area contributed by atoms with Gasteiger partial charge in [0.2, 0.25) is 0 Å². The summed E-state index contributed by atoms with van der Waals surface area (Å²) >= 11 is 0. The second-order valence-electron chi connectivity index (χ2n) is 4.93. The van der Waals surface area contributed by atoms with Gasteiger partial charge in [-0.1, -0.05) is 30.3 Å². The maximum absolute atomic E-state index is 11.9. The van der Waals surface area contributed by atoms with Crippen molar-refractivity contribution in [2.45, 2.75) is 13.5 Å². The third-order valence-electron chi connectivity index (χ3n) is 3.17. The molecule has 1 N–H and O–H groups in total. The minimum absolute atomic E-state index is 0.0145. The lowest BCUT2D eigenvalue weighted by atomic mass is 10.2. The van der Waals surface area contributed by atoms with Crippen LogP contribution in [0.15, 0.2) is 48.5 Å². The molecule has 0 saturated carbocycles. The standard InChI is InChI=1S/C18H19NO5/c1-2-23-16-10-14(18(21)22)8-9-15(16)24-12-17(20)19-11-13-6-4-3-5-7-13/h3-10H,2,11-12H2,1H3,(H,19,20)(H,21,22)/p-1. The third kappa shape index (κ3) is 5.01. The highest BCUT2D eigenvalue weighted by molar-refractivity contribution is 5.86. The number of rotatable bonds is 8. The van der Waals surface area contributed by atoms with Crippen molar-refractivity contribution in [3.05, 3.63) is 59.7 Å². The highest BCUT2D eigenvalue weighted by Crippen LogP contribution is 2.28. The van der Waals surface area contributed by atoms with Gasteiger partial charge in [0.25, 0.3) is 5.91 Å². The number of carboxylic acid groups (broad SMARTS) is 1. The molecule has 0 aromatic heterocycles. The molecule has 0 aliphatic heterocycles. The van der Waals surface area contributed by atoms with E-state index in [0.717, 1.165) is 5.56 Å². The van der Waals surface area contributed by atoms with Gasteiger partial charge in [-0.2, -0.15) is 0 Å². The molecule has 0 spiro atoms. The van der Waals surface area contributed by atoms with Gasteiger partial charge in [-0.25, -0.2) is 0 Å². The Labute approximate surface area is 140 Å². The van der Waals surface area contributed by atoms with E-state index in [1.165, 1.54) is 18.2 Å². The van der Waals surface area contributed by atoms with E-state index in [2.05, 4.69) is 5.32 Å². The summed E-state index contributed by atoms with van der Waals surface area (Å²) in [6, 6.07) is 13.6. The second-order valence-corrected chi connectivity index (χ2v) is 4.93. The maximum atomic E-state index is 11.9. The quantitative estimate of drug-likeness (QED) is 0.785. The number of hydrogen-bond acceptors (Lipinski definition) is 5. The summed E-state index contributed by atoms with van der Waals surface area (Å²) in [6.45, 7) is 2.32. The number of benzene rings is 2. The fourth-order valence-electron chi connectivity index (χ4n) is 2.01. The van der Waals surface area contributed by atoms with Crippen molar-refractivity contribution in [3.63, 3.8) is 0 Å².